The van der Waals surface area contributed by atoms with Gasteiger partial charge in [-0.15, -0.1) is 0 Å². The molecule has 2 aromatic rings. The molecule has 5 nitrogen and oxygen atoms in total. The van der Waals surface area contributed by atoms with E-state index in [2.05, 4.69) is 9.88 Å². The number of fused-ring (bicyclic) bond motifs is 1. The average Bonchev–Trinajstić information content (AvgIpc) is 2.48. The van der Waals surface area contributed by atoms with Gasteiger partial charge in [0, 0.05) is 31.3 Å². The third kappa shape index (κ3) is 3.11. The summed E-state index contributed by atoms with van der Waals surface area (Å²) in [6.45, 7) is 3.21. The maximum atomic E-state index is 13.4. The monoisotopic (exact) mass is 290 g/mol. The number of hydrogen-bond donors (Lipinski definition) is 1. The van der Waals surface area contributed by atoms with E-state index >= 15 is 0 Å². The van der Waals surface area contributed by atoms with Gasteiger partial charge in [-0.2, -0.15) is 0 Å². The van der Waals surface area contributed by atoms with E-state index in [4.69, 9.17) is 5.73 Å². The molecule has 0 atom stereocenters. The van der Waals surface area contributed by atoms with Crippen molar-refractivity contribution < 1.29 is 4.39 Å². The van der Waals surface area contributed by atoms with E-state index in [9.17, 15) is 9.18 Å². The van der Waals surface area contributed by atoms with Crippen LogP contribution in [0, 0.1) is 5.82 Å². The fraction of sp³-hybridized carbons (Fsp3) is 0.467. The van der Waals surface area contributed by atoms with Crippen LogP contribution < -0.4 is 11.3 Å². The van der Waals surface area contributed by atoms with Crippen LogP contribution in [0.4, 0.5) is 4.39 Å². The molecule has 0 saturated carbocycles. The molecule has 1 saturated heterocycles. The second-order valence-corrected chi connectivity index (χ2v) is 5.56. The molecule has 2 aromatic heterocycles. The first-order valence-electron chi connectivity index (χ1n) is 7.26. The number of aromatic nitrogens is 2. The summed E-state index contributed by atoms with van der Waals surface area (Å²) in [4.78, 5) is 18.4. The lowest BCUT2D eigenvalue weighted by atomic mass is 10.1. The van der Waals surface area contributed by atoms with E-state index in [0.29, 0.717) is 23.6 Å². The molecule has 0 unspecified atom stereocenters. The maximum absolute atomic E-state index is 13.4. The largest absolute Gasteiger partial charge is 0.328 e. The summed E-state index contributed by atoms with van der Waals surface area (Å²) in [6, 6.07) is 4.78. The zero-order valence-corrected chi connectivity index (χ0v) is 11.8. The van der Waals surface area contributed by atoms with E-state index in [1.54, 1.807) is 10.6 Å². The first-order valence-corrected chi connectivity index (χ1v) is 7.26. The van der Waals surface area contributed by atoms with Crippen LogP contribution in [0.15, 0.2) is 29.2 Å². The summed E-state index contributed by atoms with van der Waals surface area (Å²) in [5.74, 6) is -0.425. The highest BCUT2D eigenvalue weighted by atomic mass is 19.1. The number of piperidine rings is 1. The Labute approximate surface area is 122 Å². The second-order valence-electron chi connectivity index (χ2n) is 5.56. The zero-order chi connectivity index (χ0) is 14.8. The molecule has 0 aromatic carbocycles. The van der Waals surface area contributed by atoms with Crippen molar-refractivity contribution in [1.29, 1.82) is 0 Å². The van der Waals surface area contributed by atoms with Crippen LogP contribution in [0.2, 0.25) is 0 Å². The molecule has 2 N–H and O–H groups in total. The van der Waals surface area contributed by atoms with Crippen molar-refractivity contribution in [2.45, 2.75) is 25.4 Å². The van der Waals surface area contributed by atoms with E-state index in [-0.39, 0.29) is 5.56 Å². The predicted octanol–water partition coefficient (Wildman–Crippen LogP) is 0.959. The second kappa shape index (κ2) is 5.91. The van der Waals surface area contributed by atoms with Crippen LogP contribution in [-0.4, -0.2) is 40.1 Å². The van der Waals surface area contributed by atoms with Gasteiger partial charge in [0.15, 0.2) is 0 Å². The molecule has 21 heavy (non-hydrogen) atoms. The van der Waals surface area contributed by atoms with Gasteiger partial charge in [0.1, 0.15) is 5.82 Å². The topological polar surface area (TPSA) is 64.2 Å². The van der Waals surface area contributed by atoms with Gasteiger partial charge in [-0.05, 0) is 32.0 Å². The number of pyridine rings is 2. The van der Waals surface area contributed by atoms with Crippen LogP contribution in [-0.2, 0) is 6.54 Å². The molecule has 0 spiro atoms. The van der Waals surface area contributed by atoms with Gasteiger partial charge in [-0.1, -0.05) is 0 Å². The minimum Gasteiger partial charge on any atom is -0.328 e. The summed E-state index contributed by atoms with van der Waals surface area (Å²) in [6.07, 6.45) is 3.14. The molecule has 1 aliphatic heterocycles. The molecule has 0 bridgehead atoms. The first kappa shape index (κ1) is 14.2. The van der Waals surface area contributed by atoms with Crippen molar-refractivity contribution in [3.05, 3.63) is 40.6 Å². The molecule has 3 rings (SSSR count). The smallest absolute Gasteiger partial charge is 0.251 e. The van der Waals surface area contributed by atoms with Crippen molar-refractivity contribution in [1.82, 2.24) is 14.5 Å². The zero-order valence-electron chi connectivity index (χ0n) is 11.8. The Morgan fingerprint density at radius 1 is 1.29 bits per heavy atom. The third-order valence-electron chi connectivity index (χ3n) is 4.08. The molecular formula is C15H19FN4O. The Bertz CT molecular complexity index is 692. The van der Waals surface area contributed by atoms with Gasteiger partial charge in [0.25, 0.3) is 5.56 Å². The van der Waals surface area contributed by atoms with E-state index in [1.807, 2.05) is 0 Å². The fourth-order valence-electron chi connectivity index (χ4n) is 2.79. The van der Waals surface area contributed by atoms with Gasteiger partial charge in [0.05, 0.1) is 17.2 Å². The summed E-state index contributed by atoms with van der Waals surface area (Å²) < 4.78 is 15.0. The van der Waals surface area contributed by atoms with Crippen LogP contribution in [0.25, 0.3) is 11.0 Å². The van der Waals surface area contributed by atoms with Crippen molar-refractivity contribution in [3.8, 4) is 0 Å². The highest BCUT2D eigenvalue weighted by Gasteiger charge is 2.16. The fourth-order valence-corrected chi connectivity index (χ4v) is 2.79. The van der Waals surface area contributed by atoms with Crippen molar-refractivity contribution in [2.24, 2.45) is 5.73 Å². The molecule has 6 heteroatoms. The number of halogens is 1. The first-order chi connectivity index (χ1) is 10.1. The Morgan fingerprint density at radius 2 is 2.05 bits per heavy atom. The van der Waals surface area contributed by atoms with Gasteiger partial charge in [0.2, 0.25) is 0 Å². The number of nitrogens with zero attached hydrogens (tertiary/aromatic N) is 3. The minimum atomic E-state index is -0.425. The minimum absolute atomic E-state index is 0.122. The summed E-state index contributed by atoms with van der Waals surface area (Å²) in [7, 11) is 0. The van der Waals surface area contributed by atoms with Crippen molar-refractivity contribution >= 4 is 11.0 Å². The molecule has 0 amide bonds. The Morgan fingerprint density at radius 3 is 2.81 bits per heavy atom. The maximum Gasteiger partial charge on any atom is 0.251 e. The molecule has 1 aliphatic rings. The summed E-state index contributed by atoms with van der Waals surface area (Å²) in [5.41, 5.74) is 6.95. The van der Waals surface area contributed by atoms with Gasteiger partial charge in [-0.25, -0.2) is 4.39 Å². The molecule has 0 aliphatic carbocycles. The SMILES string of the molecule is NC1CCN(CCn2c(=O)ccc3ncc(F)cc32)CC1. The lowest BCUT2D eigenvalue weighted by Gasteiger charge is -2.30. The van der Waals surface area contributed by atoms with E-state index in [1.165, 1.54) is 18.3 Å². The number of likely N-dealkylation sites (tertiary alicyclic amines) is 1. The van der Waals surface area contributed by atoms with E-state index < -0.39 is 5.82 Å². The highest BCUT2D eigenvalue weighted by molar-refractivity contribution is 5.74. The molecule has 1 fully saturated rings. The molecular weight excluding hydrogens is 271 g/mol. The number of rotatable bonds is 3. The number of hydrogen-bond acceptors (Lipinski definition) is 4. The van der Waals surface area contributed by atoms with Crippen LogP contribution in [0.3, 0.4) is 0 Å². The lowest BCUT2D eigenvalue weighted by molar-refractivity contribution is 0.206. The quantitative estimate of drug-likeness (QED) is 0.914. The lowest BCUT2D eigenvalue weighted by Crippen LogP contribution is -2.41. The number of nitrogens with two attached hydrogens (primary N) is 1. The average molecular weight is 290 g/mol. The van der Waals surface area contributed by atoms with Gasteiger partial charge in [-0.3, -0.25) is 9.78 Å². The van der Waals surface area contributed by atoms with Crippen LogP contribution >= 0.6 is 0 Å². The molecule has 112 valence electrons. The van der Waals surface area contributed by atoms with Gasteiger partial charge >= 0.3 is 0 Å². The van der Waals surface area contributed by atoms with Gasteiger partial charge < -0.3 is 15.2 Å². The normalized spacial score (nSPS) is 17.4. The standard InChI is InChI=1S/C15H19FN4O/c16-11-9-14-13(18-10-11)1-2-15(21)20(14)8-7-19-5-3-12(17)4-6-19/h1-2,9-10,12H,3-8,17H2. The summed E-state index contributed by atoms with van der Waals surface area (Å²) in [5, 5.41) is 0. The summed E-state index contributed by atoms with van der Waals surface area (Å²) >= 11 is 0. The Kier molecular flexibility index (Phi) is 3.98. The van der Waals surface area contributed by atoms with Crippen molar-refractivity contribution in [2.75, 3.05) is 19.6 Å². The third-order valence-corrected chi connectivity index (χ3v) is 4.08. The Balaban J connectivity index is 1.81. The Hall–Kier alpha value is -1.79. The highest BCUT2D eigenvalue weighted by Crippen LogP contribution is 2.12. The van der Waals surface area contributed by atoms with Crippen LogP contribution in [0.1, 0.15) is 12.8 Å². The molecule has 3 heterocycles. The van der Waals surface area contributed by atoms with E-state index in [0.717, 1.165) is 32.5 Å². The molecule has 0 radical (unpaired) electrons. The predicted molar refractivity (Wildman–Crippen MR) is 79.6 cm³/mol. The van der Waals surface area contributed by atoms with Crippen LogP contribution in [0.5, 0.6) is 0 Å². The van der Waals surface area contributed by atoms with Crippen molar-refractivity contribution in [3.63, 3.8) is 0 Å².